The number of carbonyl (C=O) groups excluding carboxylic acids is 2. The van der Waals surface area contributed by atoms with Crippen molar-refractivity contribution in [1.82, 2.24) is 0 Å². The van der Waals surface area contributed by atoms with E-state index in [1.54, 1.807) is 13.8 Å². The maximum Gasteiger partial charge on any atom is 0.312 e. The van der Waals surface area contributed by atoms with Crippen molar-refractivity contribution in [3.05, 3.63) is 0 Å². The molecule has 12 unspecified atom stereocenters. The smallest absolute Gasteiger partial charge is 0.312 e. The van der Waals surface area contributed by atoms with E-state index in [0.29, 0.717) is 12.8 Å². The zero-order valence-electron chi connectivity index (χ0n) is 21.2. The number of aliphatic hydroxyl groups excluding tert-OH is 5. The van der Waals surface area contributed by atoms with Gasteiger partial charge < -0.3 is 59.1 Å². The number of ketones is 1. The van der Waals surface area contributed by atoms with Crippen LogP contribution in [-0.4, -0.2) is 123 Å². The van der Waals surface area contributed by atoms with Crippen molar-refractivity contribution in [2.24, 2.45) is 11.3 Å². The first-order chi connectivity index (χ1) is 17.2. The van der Waals surface area contributed by atoms with E-state index in [-0.39, 0.29) is 37.1 Å². The van der Waals surface area contributed by atoms with Gasteiger partial charge in [-0.1, -0.05) is 0 Å². The number of rotatable bonds is 9. The van der Waals surface area contributed by atoms with Crippen LogP contribution in [0.3, 0.4) is 0 Å². The van der Waals surface area contributed by atoms with E-state index in [4.69, 9.17) is 23.7 Å². The average Bonchev–Trinajstić information content (AvgIpc) is 3.17. The Morgan fingerprint density at radius 3 is 2.38 bits per heavy atom. The van der Waals surface area contributed by atoms with Crippen LogP contribution in [0.25, 0.3) is 0 Å². The van der Waals surface area contributed by atoms with E-state index in [1.165, 1.54) is 6.92 Å². The first kappa shape index (κ1) is 28.7. The van der Waals surface area contributed by atoms with E-state index in [0.717, 1.165) is 0 Å². The fraction of sp³-hybridized carbons (Fsp3) is 0.917. The predicted molar refractivity (Wildman–Crippen MR) is 121 cm³/mol. The highest BCUT2D eigenvalue weighted by molar-refractivity contribution is 5.81. The molecular weight excluding hydrogens is 496 g/mol. The van der Waals surface area contributed by atoms with Crippen LogP contribution in [0.5, 0.6) is 0 Å². The van der Waals surface area contributed by atoms with Gasteiger partial charge >= 0.3 is 5.97 Å². The molecule has 3 heterocycles. The van der Waals surface area contributed by atoms with Gasteiger partial charge in [0.1, 0.15) is 47.5 Å². The first-order valence-corrected chi connectivity index (χ1v) is 12.6. The quantitative estimate of drug-likeness (QED) is 0.173. The Labute approximate surface area is 214 Å². The molecule has 1 aliphatic carbocycles. The summed E-state index contributed by atoms with van der Waals surface area (Å²) in [5, 5.41) is 60.9. The van der Waals surface area contributed by atoms with E-state index >= 15 is 0 Å². The van der Waals surface area contributed by atoms with Gasteiger partial charge in [-0.25, -0.2) is 0 Å². The Morgan fingerprint density at radius 1 is 1.08 bits per heavy atom. The molecule has 0 spiro atoms. The molecule has 212 valence electrons. The van der Waals surface area contributed by atoms with Gasteiger partial charge in [-0.15, -0.1) is 0 Å². The third kappa shape index (κ3) is 5.19. The molecule has 0 aromatic carbocycles. The second kappa shape index (κ2) is 10.4. The van der Waals surface area contributed by atoms with E-state index in [9.17, 15) is 40.2 Å². The minimum atomic E-state index is -1.90. The summed E-state index contributed by atoms with van der Waals surface area (Å²) in [6.07, 6.45) is -9.53. The minimum Gasteiger partial charge on any atom is -0.459 e. The Morgan fingerprint density at radius 2 is 1.78 bits per heavy atom. The number of hydrogen-bond acceptors (Lipinski definition) is 13. The summed E-state index contributed by atoms with van der Waals surface area (Å²) >= 11 is 0. The largest absolute Gasteiger partial charge is 0.459 e. The second-order valence-corrected chi connectivity index (χ2v) is 11.3. The molecule has 3 aliphatic heterocycles. The van der Waals surface area contributed by atoms with Gasteiger partial charge in [0.25, 0.3) is 0 Å². The molecule has 13 nitrogen and oxygen atoms in total. The molecule has 3 saturated heterocycles. The lowest BCUT2D eigenvalue weighted by Gasteiger charge is -2.46. The summed E-state index contributed by atoms with van der Waals surface area (Å²) in [5.41, 5.74) is -3.69. The summed E-state index contributed by atoms with van der Waals surface area (Å²) < 4.78 is 28.1. The molecule has 0 amide bonds. The SMILES string of the molecule is CC(=O)CCC1C2(C)CC(OC3OC(COC4OCC(O)(CO)C4O)C(O)C(O)C3O)CC1(C)C(=O)O2. The summed E-state index contributed by atoms with van der Waals surface area (Å²) in [6.45, 7) is 3.54. The lowest BCUT2D eigenvalue weighted by atomic mass is 9.61. The highest BCUT2D eigenvalue weighted by atomic mass is 16.7. The highest BCUT2D eigenvalue weighted by Crippen LogP contribution is 2.57. The molecule has 1 saturated carbocycles. The summed E-state index contributed by atoms with van der Waals surface area (Å²) in [4.78, 5) is 24.4. The number of hydrogen-bond donors (Lipinski definition) is 6. The standard InChI is InChI=1S/C24H38O13/c1-11(26)4-5-14-22(2)6-12(7-23(14,3)37-21(22)31)35-19-17(29)16(28)15(27)13(36-19)8-33-20-18(30)24(32,9-25)10-34-20/h12-20,25,27-30,32H,4-10H2,1-3H3. The number of fused-ring (bicyclic) bond motifs is 2. The zero-order chi connectivity index (χ0) is 27.3. The normalized spacial score (nSPS) is 49.8. The van der Waals surface area contributed by atoms with Crippen LogP contribution >= 0.6 is 0 Å². The molecule has 4 aliphatic rings. The fourth-order valence-electron chi connectivity index (χ4n) is 6.17. The van der Waals surface area contributed by atoms with Gasteiger partial charge in [0, 0.05) is 18.8 Å². The molecular formula is C24H38O13. The van der Waals surface area contributed by atoms with Gasteiger partial charge in [-0.2, -0.15) is 0 Å². The molecule has 6 N–H and O–H groups in total. The highest BCUT2D eigenvalue weighted by Gasteiger charge is 2.65. The van der Waals surface area contributed by atoms with Crippen LogP contribution in [0.4, 0.5) is 0 Å². The van der Waals surface area contributed by atoms with Crippen LogP contribution in [0.2, 0.25) is 0 Å². The van der Waals surface area contributed by atoms with Gasteiger partial charge in [-0.05, 0) is 33.6 Å². The number of aliphatic hydroxyl groups is 6. The Balaban J connectivity index is 1.41. The van der Waals surface area contributed by atoms with E-state index < -0.39 is 79.0 Å². The van der Waals surface area contributed by atoms with Crippen LogP contribution in [-0.2, 0) is 33.3 Å². The number of ether oxygens (including phenoxy) is 5. The topological polar surface area (TPSA) is 202 Å². The average molecular weight is 535 g/mol. The predicted octanol–water partition coefficient (Wildman–Crippen LogP) is -2.26. The third-order valence-corrected chi connectivity index (χ3v) is 8.37. The summed E-state index contributed by atoms with van der Waals surface area (Å²) in [7, 11) is 0. The fourth-order valence-corrected chi connectivity index (χ4v) is 6.17. The summed E-state index contributed by atoms with van der Waals surface area (Å²) in [5.74, 6) is -0.551. The van der Waals surface area contributed by atoms with Crippen molar-refractivity contribution >= 4 is 11.8 Å². The number of carbonyl (C=O) groups is 2. The van der Waals surface area contributed by atoms with Crippen molar-refractivity contribution < 1.29 is 63.9 Å². The molecule has 37 heavy (non-hydrogen) atoms. The van der Waals surface area contributed by atoms with Gasteiger partial charge in [-0.3, -0.25) is 4.79 Å². The maximum atomic E-state index is 12.8. The monoisotopic (exact) mass is 534 g/mol. The minimum absolute atomic E-state index is 0.0218. The van der Waals surface area contributed by atoms with Crippen molar-refractivity contribution in [3.8, 4) is 0 Å². The van der Waals surface area contributed by atoms with Crippen LogP contribution < -0.4 is 0 Å². The number of Topliss-reactive ketones (excluding diaryl/α,β-unsaturated/α-hetero) is 1. The van der Waals surface area contributed by atoms with Crippen molar-refractivity contribution in [3.63, 3.8) is 0 Å². The van der Waals surface area contributed by atoms with Gasteiger partial charge in [0.05, 0.1) is 31.3 Å². The Hall–Kier alpha value is -1.26. The first-order valence-electron chi connectivity index (χ1n) is 12.6. The lowest BCUT2D eigenvalue weighted by molar-refractivity contribution is -0.323. The van der Waals surface area contributed by atoms with E-state index in [1.807, 2.05) is 0 Å². The molecule has 0 aromatic heterocycles. The molecule has 0 aromatic rings. The molecule has 4 fully saturated rings. The number of esters is 1. The maximum absolute atomic E-state index is 12.8. The third-order valence-electron chi connectivity index (χ3n) is 8.37. The van der Waals surface area contributed by atoms with Gasteiger partial charge in [0.15, 0.2) is 12.6 Å². The Kier molecular flexibility index (Phi) is 8.06. The second-order valence-electron chi connectivity index (χ2n) is 11.3. The van der Waals surface area contributed by atoms with Crippen molar-refractivity contribution in [1.29, 1.82) is 0 Å². The van der Waals surface area contributed by atoms with Gasteiger partial charge in [0.2, 0.25) is 0 Å². The molecule has 12 atom stereocenters. The van der Waals surface area contributed by atoms with Crippen molar-refractivity contribution in [2.45, 2.75) is 107 Å². The van der Waals surface area contributed by atoms with Crippen LogP contribution in [0.15, 0.2) is 0 Å². The molecule has 2 bridgehead atoms. The molecule has 0 radical (unpaired) electrons. The van der Waals surface area contributed by atoms with E-state index in [2.05, 4.69) is 0 Å². The Bertz CT molecular complexity index is 870. The zero-order valence-corrected chi connectivity index (χ0v) is 21.2. The lowest BCUT2D eigenvalue weighted by Crippen LogP contribution is -2.61. The van der Waals surface area contributed by atoms with Crippen molar-refractivity contribution in [2.75, 3.05) is 19.8 Å². The molecule has 4 rings (SSSR count). The van der Waals surface area contributed by atoms with Crippen LogP contribution in [0.1, 0.15) is 46.5 Å². The molecule has 13 heteroatoms. The summed E-state index contributed by atoms with van der Waals surface area (Å²) in [6, 6.07) is 0. The van der Waals surface area contributed by atoms with Crippen LogP contribution in [0, 0.1) is 11.3 Å².